The van der Waals surface area contributed by atoms with Gasteiger partial charge in [-0.2, -0.15) is 0 Å². The number of hydrogen-bond acceptors (Lipinski definition) is 3. The highest BCUT2D eigenvalue weighted by atomic mass is 79.9. The number of aryl methyl sites for hydroxylation is 1. The van der Waals surface area contributed by atoms with E-state index in [1.54, 1.807) is 0 Å². The molecular weight excluding hydrogens is 304 g/mol. The largest absolute Gasteiger partial charge is 0.336 e. The fraction of sp³-hybridized carbons (Fsp3) is 0.429. The van der Waals surface area contributed by atoms with E-state index >= 15 is 0 Å². The van der Waals surface area contributed by atoms with Crippen LogP contribution in [-0.4, -0.2) is 21.1 Å². The molecule has 2 aromatic heterocycles. The molecule has 1 unspecified atom stereocenters. The van der Waals surface area contributed by atoms with Gasteiger partial charge in [-0.15, -0.1) is 0 Å². The van der Waals surface area contributed by atoms with Crippen LogP contribution in [0.4, 0.5) is 0 Å². The molecule has 2 heterocycles. The van der Waals surface area contributed by atoms with Gasteiger partial charge in [-0.1, -0.05) is 6.92 Å². The zero-order valence-electron chi connectivity index (χ0n) is 11.3. The summed E-state index contributed by atoms with van der Waals surface area (Å²) in [6, 6.07) is 2.38. The second-order valence-corrected chi connectivity index (χ2v) is 5.57. The number of nitrogens with zero attached hydrogens (tertiary/aromatic N) is 3. The van der Waals surface area contributed by atoms with Crippen LogP contribution in [0.15, 0.2) is 35.5 Å². The van der Waals surface area contributed by atoms with Gasteiger partial charge in [-0.3, -0.25) is 4.98 Å². The SMILES string of the molecule is CCCNC(Cc1cncc(Br)c1)c1cncn1C. The van der Waals surface area contributed by atoms with Crippen LogP contribution in [0.5, 0.6) is 0 Å². The molecule has 0 radical (unpaired) electrons. The van der Waals surface area contributed by atoms with E-state index < -0.39 is 0 Å². The zero-order chi connectivity index (χ0) is 13.7. The predicted molar refractivity (Wildman–Crippen MR) is 79.9 cm³/mol. The average molecular weight is 323 g/mol. The van der Waals surface area contributed by atoms with Gasteiger partial charge < -0.3 is 9.88 Å². The first-order valence-corrected chi connectivity index (χ1v) is 7.29. The van der Waals surface area contributed by atoms with Crippen molar-refractivity contribution in [2.45, 2.75) is 25.8 Å². The van der Waals surface area contributed by atoms with Crippen LogP contribution in [0.1, 0.15) is 30.6 Å². The maximum absolute atomic E-state index is 4.22. The number of imidazole rings is 1. The quantitative estimate of drug-likeness (QED) is 0.889. The molecule has 102 valence electrons. The average Bonchev–Trinajstić information content (AvgIpc) is 2.81. The van der Waals surface area contributed by atoms with Crippen molar-refractivity contribution in [2.24, 2.45) is 7.05 Å². The van der Waals surface area contributed by atoms with E-state index in [1.165, 1.54) is 11.3 Å². The first-order chi connectivity index (χ1) is 9.20. The first kappa shape index (κ1) is 14.2. The third-order valence-electron chi connectivity index (χ3n) is 3.05. The maximum atomic E-state index is 4.22. The Morgan fingerprint density at radius 2 is 2.16 bits per heavy atom. The van der Waals surface area contributed by atoms with Crippen molar-refractivity contribution in [1.29, 1.82) is 0 Å². The summed E-state index contributed by atoms with van der Waals surface area (Å²) in [6.45, 7) is 3.17. The second kappa shape index (κ2) is 6.82. The van der Waals surface area contributed by atoms with Crippen LogP contribution in [0.3, 0.4) is 0 Å². The fourth-order valence-electron chi connectivity index (χ4n) is 2.11. The molecule has 1 atom stereocenters. The molecular formula is C14H19BrN4. The van der Waals surface area contributed by atoms with Crippen molar-refractivity contribution in [3.8, 4) is 0 Å². The number of halogens is 1. The van der Waals surface area contributed by atoms with Gasteiger partial charge >= 0.3 is 0 Å². The summed E-state index contributed by atoms with van der Waals surface area (Å²) < 4.78 is 3.09. The van der Waals surface area contributed by atoms with Crippen LogP contribution < -0.4 is 5.32 Å². The van der Waals surface area contributed by atoms with Crippen LogP contribution in [0.2, 0.25) is 0 Å². The van der Waals surface area contributed by atoms with Crippen LogP contribution >= 0.6 is 15.9 Å². The Balaban J connectivity index is 2.16. The third kappa shape index (κ3) is 3.88. The molecule has 2 rings (SSSR count). The normalized spacial score (nSPS) is 12.6. The molecule has 0 spiro atoms. The highest BCUT2D eigenvalue weighted by Crippen LogP contribution is 2.19. The molecule has 19 heavy (non-hydrogen) atoms. The Bertz CT molecular complexity index is 524. The van der Waals surface area contributed by atoms with E-state index in [0.29, 0.717) is 0 Å². The van der Waals surface area contributed by atoms with Gasteiger partial charge in [0.1, 0.15) is 0 Å². The number of rotatable bonds is 6. The highest BCUT2D eigenvalue weighted by molar-refractivity contribution is 9.10. The lowest BCUT2D eigenvalue weighted by atomic mass is 10.1. The van der Waals surface area contributed by atoms with Gasteiger partial charge in [0.25, 0.3) is 0 Å². The number of hydrogen-bond donors (Lipinski definition) is 1. The van der Waals surface area contributed by atoms with Crippen LogP contribution in [-0.2, 0) is 13.5 Å². The van der Waals surface area contributed by atoms with Gasteiger partial charge in [0.05, 0.1) is 18.1 Å². The van der Waals surface area contributed by atoms with Gasteiger partial charge in [-0.25, -0.2) is 4.98 Å². The van der Waals surface area contributed by atoms with E-state index in [0.717, 1.165) is 23.9 Å². The van der Waals surface area contributed by atoms with E-state index in [-0.39, 0.29) is 6.04 Å². The van der Waals surface area contributed by atoms with Crippen molar-refractivity contribution in [3.05, 3.63) is 46.7 Å². The number of aromatic nitrogens is 3. The first-order valence-electron chi connectivity index (χ1n) is 6.49. The molecule has 0 saturated heterocycles. The summed E-state index contributed by atoms with van der Waals surface area (Å²) in [5.41, 5.74) is 2.41. The minimum absolute atomic E-state index is 0.267. The fourth-order valence-corrected chi connectivity index (χ4v) is 2.52. The molecule has 4 nitrogen and oxygen atoms in total. The molecule has 5 heteroatoms. The molecule has 0 fully saturated rings. The van der Waals surface area contributed by atoms with E-state index in [2.05, 4.69) is 48.8 Å². The Morgan fingerprint density at radius 3 is 2.79 bits per heavy atom. The summed E-state index contributed by atoms with van der Waals surface area (Å²) in [6.07, 6.45) is 9.52. The summed E-state index contributed by atoms with van der Waals surface area (Å²) in [5, 5.41) is 3.58. The lowest BCUT2D eigenvalue weighted by molar-refractivity contribution is 0.503. The minimum atomic E-state index is 0.267. The summed E-state index contributed by atoms with van der Waals surface area (Å²) in [4.78, 5) is 8.43. The molecule has 0 amide bonds. The molecule has 0 aromatic carbocycles. The van der Waals surface area contributed by atoms with Crippen molar-refractivity contribution in [1.82, 2.24) is 19.9 Å². The Labute approximate surface area is 122 Å². The summed E-state index contributed by atoms with van der Waals surface area (Å²) >= 11 is 3.47. The topological polar surface area (TPSA) is 42.7 Å². The zero-order valence-corrected chi connectivity index (χ0v) is 12.9. The Morgan fingerprint density at radius 1 is 1.32 bits per heavy atom. The minimum Gasteiger partial charge on any atom is -0.336 e. The van der Waals surface area contributed by atoms with Crippen LogP contribution in [0, 0.1) is 0 Å². The van der Waals surface area contributed by atoms with Crippen molar-refractivity contribution in [3.63, 3.8) is 0 Å². The third-order valence-corrected chi connectivity index (χ3v) is 3.49. The molecule has 2 aromatic rings. The molecule has 0 aliphatic heterocycles. The molecule has 0 aliphatic rings. The second-order valence-electron chi connectivity index (χ2n) is 4.65. The van der Waals surface area contributed by atoms with Crippen molar-refractivity contribution < 1.29 is 0 Å². The van der Waals surface area contributed by atoms with Crippen molar-refractivity contribution in [2.75, 3.05) is 6.54 Å². The molecule has 0 bridgehead atoms. The summed E-state index contributed by atoms with van der Waals surface area (Å²) in [5.74, 6) is 0. The van der Waals surface area contributed by atoms with E-state index in [1.807, 2.05) is 32.0 Å². The Kier molecular flexibility index (Phi) is 5.10. The molecule has 0 saturated carbocycles. The molecule has 0 aliphatic carbocycles. The lowest BCUT2D eigenvalue weighted by Gasteiger charge is -2.19. The Hall–Kier alpha value is -1.20. The standard InChI is InChI=1S/C14H19BrN4/c1-3-4-18-13(14-9-17-10-19(14)2)6-11-5-12(15)8-16-7-11/h5,7-10,13,18H,3-4,6H2,1-2H3. The van der Waals surface area contributed by atoms with E-state index in [9.17, 15) is 0 Å². The lowest BCUT2D eigenvalue weighted by Crippen LogP contribution is -2.25. The summed E-state index contributed by atoms with van der Waals surface area (Å²) in [7, 11) is 2.03. The van der Waals surface area contributed by atoms with Gasteiger partial charge in [0, 0.05) is 30.1 Å². The predicted octanol–water partition coefficient (Wildman–Crippen LogP) is 2.86. The van der Waals surface area contributed by atoms with E-state index in [4.69, 9.17) is 0 Å². The van der Waals surface area contributed by atoms with Gasteiger partial charge in [-0.05, 0) is 46.9 Å². The highest BCUT2D eigenvalue weighted by Gasteiger charge is 2.15. The number of pyridine rings is 1. The van der Waals surface area contributed by atoms with Gasteiger partial charge in [0.2, 0.25) is 0 Å². The van der Waals surface area contributed by atoms with Crippen LogP contribution in [0.25, 0.3) is 0 Å². The maximum Gasteiger partial charge on any atom is 0.0946 e. The number of nitrogens with one attached hydrogen (secondary N) is 1. The smallest absolute Gasteiger partial charge is 0.0946 e. The molecule has 1 N–H and O–H groups in total. The van der Waals surface area contributed by atoms with Gasteiger partial charge in [0.15, 0.2) is 0 Å². The monoisotopic (exact) mass is 322 g/mol. The van der Waals surface area contributed by atoms with Crippen molar-refractivity contribution >= 4 is 15.9 Å².